The van der Waals surface area contributed by atoms with Crippen LogP contribution in [-0.2, 0) is 25.4 Å². The highest BCUT2D eigenvalue weighted by molar-refractivity contribution is 6.29. The van der Waals surface area contributed by atoms with E-state index in [1.807, 2.05) is 4.90 Å². The van der Waals surface area contributed by atoms with Crippen molar-refractivity contribution in [3.05, 3.63) is 49.9 Å². The van der Waals surface area contributed by atoms with Crippen LogP contribution in [0.3, 0.4) is 0 Å². The molecule has 9 nitrogen and oxygen atoms in total. The van der Waals surface area contributed by atoms with Crippen molar-refractivity contribution in [3.63, 3.8) is 0 Å². The molecule has 27 heavy (non-hydrogen) atoms. The molecule has 2 aromatic heterocycles. The lowest BCUT2D eigenvalue weighted by atomic mass is 9.97. The van der Waals surface area contributed by atoms with Crippen LogP contribution < -0.4 is 21.5 Å². The van der Waals surface area contributed by atoms with E-state index in [4.69, 9.17) is 11.6 Å². The third-order valence-electron chi connectivity index (χ3n) is 4.80. The summed E-state index contributed by atoms with van der Waals surface area (Å²) >= 11 is 5.77. The predicted octanol–water partition coefficient (Wildman–Crippen LogP) is 0.0602. The van der Waals surface area contributed by atoms with Crippen molar-refractivity contribution in [1.29, 1.82) is 0 Å². The number of hydrogen-bond donors (Lipinski definition) is 1. The number of amides is 1. The molecule has 1 N–H and O–H groups in total. The van der Waals surface area contributed by atoms with E-state index in [0.717, 1.165) is 24.0 Å². The Morgan fingerprint density at radius 1 is 1.26 bits per heavy atom. The summed E-state index contributed by atoms with van der Waals surface area (Å²) in [7, 11) is 2.99. The van der Waals surface area contributed by atoms with Gasteiger partial charge in [-0.05, 0) is 25.0 Å². The Hall–Kier alpha value is -2.68. The highest BCUT2D eigenvalue weighted by atomic mass is 35.5. The van der Waals surface area contributed by atoms with Crippen molar-refractivity contribution in [3.8, 4) is 0 Å². The average molecular weight is 393 g/mol. The lowest BCUT2D eigenvalue weighted by Crippen LogP contribution is -2.44. The quantitative estimate of drug-likeness (QED) is 0.789. The zero-order chi connectivity index (χ0) is 19.6. The maximum absolute atomic E-state index is 12.6. The Morgan fingerprint density at radius 2 is 2.04 bits per heavy atom. The first-order chi connectivity index (χ1) is 12.9. The summed E-state index contributed by atoms with van der Waals surface area (Å²) < 4.78 is 2.38. The highest BCUT2D eigenvalue weighted by Crippen LogP contribution is 2.22. The molecule has 1 atom stereocenters. The number of anilines is 1. The van der Waals surface area contributed by atoms with Gasteiger partial charge in [0.15, 0.2) is 11.0 Å². The molecule has 1 unspecified atom stereocenters. The largest absolute Gasteiger partial charge is 0.354 e. The molecule has 0 saturated carbocycles. The maximum Gasteiger partial charge on any atom is 0.330 e. The molecule has 0 bridgehead atoms. The van der Waals surface area contributed by atoms with Crippen LogP contribution in [0.15, 0.2) is 27.8 Å². The fraction of sp³-hybridized carbons (Fsp3) is 0.471. The van der Waals surface area contributed by atoms with Gasteiger partial charge in [-0.3, -0.25) is 18.7 Å². The third-order valence-corrected chi connectivity index (χ3v) is 5.00. The normalized spacial score (nSPS) is 17.0. The fourth-order valence-electron chi connectivity index (χ4n) is 3.15. The Labute approximate surface area is 160 Å². The smallest absolute Gasteiger partial charge is 0.330 e. The molecule has 3 heterocycles. The second kappa shape index (κ2) is 7.91. The number of halogens is 1. The average Bonchev–Trinajstić information content (AvgIpc) is 2.68. The van der Waals surface area contributed by atoms with Gasteiger partial charge in [-0.25, -0.2) is 4.79 Å². The van der Waals surface area contributed by atoms with Crippen molar-refractivity contribution in [2.24, 2.45) is 20.0 Å². The van der Waals surface area contributed by atoms with E-state index >= 15 is 0 Å². The standard InChI is InChI=1S/C17H21ClN6O3/c1-22-12(8-15(25)23(2)17(22)27)9-19-16(26)11-4-3-7-24(10-11)14-6-5-13(18)20-21-14/h5-6,8,11H,3-4,7,9-10H2,1-2H3,(H,19,26). The number of carbonyl (C=O) groups excluding carboxylic acids is 1. The van der Waals surface area contributed by atoms with Gasteiger partial charge in [-0.1, -0.05) is 11.6 Å². The number of aromatic nitrogens is 4. The van der Waals surface area contributed by atoms with E-state index in [2.05, 4.69) is 15.5 Å². The summed E-state index contributed by atoms with van der Waals surface area (Å²) in [4.78, 5) is 38.3. The molecule has 1 aliphatic rings. The topological polar surface area (TPSA) is 102 Å². The molecule has 2 aromatic rings. The highest BCUT2D eigenvalue weighted by Gasteiger charge is 2.26. The first kappa shape index (κ1) is 19.1. The van der Waals surface area contributed by atoms with Crippen molar-refractivity contribution in [2.45, 2.75) is 19.4 Å². The summed E-state index contributed by atoms with van der Waals surface area (Å²) in [5.41, 5.74) is -0.350. The van der Waals surface area contributed by atoms with Crippen LogP contribution in [0.25, 0.3) is 0 Å². The summed E-state index contributed by atoms with van der Waals surface area (Å²) in [6.07, 6.45) is 1.62. The molecule has 10 heteroatoms. The van der Waals surface area contributed by atoms with Gasteiger partial charge in [0, 0.05) is 38.9 Å². The van der Waals surface area contributed by atoms with Crippen LogP contribution in [0, 0.1) is 5.92 Å². The number of hydrogen-bond acceptors (Lipinski definition) is 6. The van der Waals surface area contributed by atoms with Crippen molar-refractivity contribution in [2.75, 3.05) is 18.0 Å². The minimum atomic E-state index is -0.420. The number of carbonyl (C=O) groups is 1. The molecule has 1 saturated heterocycles. The van der Waals surface area contributed by atoms with E-state index in [-0.39, 0.29) is 18.4 Å². The Balaban J connectivity index is 1.65. The van der Waals surface area contributed by atoms with E-state index in [1.165, 1.54) is 17.7 Å². The number of nitrogens with one attached hydrogen (secondary N) is 1. The van der Waals surface area contributed by atoms with E-state index in [9.17, 15) is 14.4 Å². The fourth-order valence-corrected chi connectivity index (χ4v) is 3.25. The summed E-state index contributed by atoms with van der Waals surface area (Å²) in [5.74, 6) is 0.361. The van der Waals surface area contributed by atoms with Gasteiger partial charge in [0.1, 0.15) is 0 Å². The van der Waals surface area contributed by atoms with Gasteiger partial charge in [0.25, 0.3) is 5.56 Å². The monoisotopic (exact) mass is 392 g/mol. The van der Waals surface area contributed by atoms with Crippen LogP contribution in [0.4, 0.5) is 5.82 Å². The van der Waals surface area contributed by atoms with Gasteiger partial charge in [0.05, 0.1) is 12.5 Å². The van der Waals surface area contributed by atoms with Crippen molar-refractivity contribution in [1.82, 2.24) is 24.6 Å². The molecular formula is C17H21ClN6O3. The van der Waals surface area contributed by atoms with Crippen molar-refractivity contribution < 1.29 is 4.79 Å². The van der Waals surface area contributed by atoms with Gasteiger partial charge in [-0.15, -0.1) is 10.2 Å². The molecule has 0 aliphatic carbocycles. The maximum atomic E-state index is 12.6. The van der Waals surface area contributed by atoms with E-state index in [0.29, 0.717) is 23.2 Å². The summed E-state index contributed by atoms with van der Waals surface area (Å²) in [6.45, 7) is 1.44. The van der Waals surface area contributed by atoms with E-state index in [1.54, 1.807) is 19.2 Å². The molecule has 1 aliphatic heterocycles. The zero-order valence-electron chi connectivity index (χ0n) is 15.2. The molecule has 0 radical (unpaired) electrons. The zero-order valence-corrected chi connectivity index (χ0v) is 15.9. The molecule has 144 valence electrons. The SMILES string of the molecule is Cn1c(CNC(=O)C2CCCN(c3ccc(Cl)nn3)C2)cc(=O)n(C)c1=O. The summed E-state index contributed by atoms with van der Waals surface area (Å²) in [6, 6.07) is 4.81. The Bertz CT molecular complexity index is 953. The Kier molecular flexibility index (Phi) is 5.59. The lowest BCUT2D eigenvalue weighted by molar-refractivity contribution is -0.125. The third kappa shape index (κ3) is 4.19. The Morgan fingerprint density at radius 3 is 2.74 bits per heavy atom. The second-order valence-electron chi connectivity index (χ2n) is 6.59. The van der Waals surface area contributed by atoms with Gasteiger partial charge < -0.3 is 10.2 Å². The molecule has 0 aromatic carbocycles. The first-order valence-electron chi connectivity index (χ1n) is 8.64. The van der Waals surface area contributed by atoms with Crippen LogP contribution in [-0.4, -0.2) is 38.3 Å². The molecule has 3 rings (SSSR count). The minimum absolute atomic E-state index is 0.116. The van der Waals surface area contributed by atoms with Gasteiger partial charge in [-0.2, -0.15) is 0 Å². The molecular weight excluding hydrogens is 372 g/mol. The van der Waals surface area contributed by atoms with Crippen LogP contribution >= 0.6 is 11.6 Å². The molecule has 1 fully saturated rings. The first-order valence-corrected chi connectivity index (χ1v) is 9.02. The van der Waals surface area contributed by atoms with Gasteiger partial charge in [0.2, 0.25) is 5.91 Å². The number of nitrogens with zero attached hydrogens (tertiary/aromatic N) is 5. The number of rotatable bonds is 4. The van der Waals surface area contributed by atoms with Crippen LogP contribution in [0.5, 0.6) is 0 Å². The lowest BCUT2D eigenvalue weighted by Gasteiger charge is -2.32. The second-order valence-corrected chi connectivity index (χ2v) is 6.98. The minimum Gasteiger partial charge on any atom is -0.354 e. The molecule has 0 spiro atoms. The predicted molar refractivity (Wildman–Crippen MR) is 101 cm³/mol. The summed E-state index contributed by atoms with van der Waals surface area (Å²) in [5, 5.41) is 11.1. The van der Waals surface area contributed by atoms with Gasteiger partial charge >= 0.3 is 5.69 Å². The number of piperidine rings is 1. The van der Waals surface area contributed by atoms with Crippen LogP contribution in [0.2, 0.25) is 5.15 Å². The van der Waals surface area contributed by atoms with Crippen LogP contribution in [0.1, 0.15) is 18.5 Å². The van der Waals surface area contributed by atoms with Crippen molar-refractivity contribution >= 4 is 23.3 Å². The molecule has 1 amide bonds. The van der Waals surface area contributed by atoms with E-state index < -0.39 is 11.2 Å².